The first-order chi connectivity index (χ1) is 10.3. The maximum absolute atomic E-state index is 12.2. The second kappa shape index (κ2) is 6.26. The standard InChI is InChI=1S/C16H18N2O2S/c1-20-14-4-2-12(3-5-14)8-13-6-7-18(9-13)16(19)15-10-21-11-17-15/h2-5,10-11,13H,6-9H2,1H3. The van der Waals surface area contributed by atoms with Crippen molar-refractivity contribution in [1.82, 2.24) is 9.88 Å². The molecule has 0 saturated carbocycles. The molecule has 1 unspecified atom stereocenters. The average Bonchev–Trinajstić information content (AvgIpc) is 3.19. The largest absolute Gasteiger partial charge is 0.497 e. The summed E-state index contributed by atoms with van der Waals surface area (Å²) in [6.45, 7) is 1.65. The summed E-state index contributed by atoms with van der Waals surface area (Å²) in [4.78, 5) is 18.3. The molecule has 1 fully saturated rings. The van der Waals surface area contributed by atoms with Crippen LogP contribution < -0.4 is 4.74 Å². The van der Waals surface area contributed by atoms with Gasteiger partial charge in [0.05, 0.1) is 12.6 Å². The lowest BCUT2D eigenvalue weighted by molar-refractivity contribution is 0.0782. The minimum Gasteiger partial charge on any atom is -0.497 e. The van der Waals surface area contributed by atoms with Crippen molar-refractivity contribution < 1.29 is 9.53 Å². The maximum Gasteiger partial charge on any atom is 0.273 e. The number of rotatable bonds is 4. The highest BCUT2D eigenvalue weighted by Crippen LogP contribution is 2.23. The molecule has 1 atom stereocenters. The van der Waals surface area contributed by atoms with Crippen LogP contribution in [0.25, 0.3) is 0 Å². The molecule has 0 N–H and O–H groups in total. The van der Waals surface area contributed by atoms with Crippen LogP contribution in [0.3, 0.4) is 0 Å². The van der Waals surface area contributed by atoms with Gasteiger partial charge in [-0.1, -0.05) is 12.1 Å². The second-order valence-electron chi connectivity index (χ2n) is 5.33. The Balaban J connectivity index is 1.58. The number of nitrogens with zero attached hydrogens (tertiary/aromatic N) is 2. The van der Waals surface area contributed by atoms with E-state index in [4.69, 9.17) is 4.74 Å². The van der Waals surface area contributed by atoms with E-state index >= 15 is 0 Å². The number of carbonyl (C=O) groups excluding carboxylic acids is 1. The molecule has 0 radical (unpaired) electrons. The number of carbonyl (C=O) groups is 1. The second-order valence-corrected chi connectivity index (χ2v) is 6.05. The van der Waals surface area contributed by atoms with Gasteiger partial charge < -0.3 is 9.64 Å². The summed E-state index contributed by atoms with van der Waals surface area (Å²) in [6, 6.07) is 8.18. The van der Waals surface area contributed by atoms with Gasteiger partial charge in [0.15, 0.2) is 0 Å². The topological polar surface area (TPSA) is 42.4 Å². The Hall–Kier alpha value is -1.88. The summed E-state index contributed by atoms with van der Waals surface area (Å²) in [5.74, 6) is 1.47. The van der Waals surface area contributed by atoms with Gasteiger partial charge >= 0.3 is 0 Å². The van der Waals surface area contributed by atoms with Gasteiger partial charge in [-0.25, -0.2) is 4.98 Å². The Morgan fingerprint density at radius 3 is 2.90 bits per heavy atom. The lowest BCUT2D eigenvalue weighted by atomic mass is 9.99. The fourth-order valence-corrected chi connectivity index (χ4v) is 3.28. The molecular weight excluding hydrogens is 284 g/mol. The van der Waals surface area contributed by atoms with Gasteiger partial charge in [0.25, 0.3) is 5.91 Å². The van der Waals surface area contributed by atoms with Crippen molar-refractivity contribution in [2.24, 2.45) is 5.92 Å². The fourth-order valence-electron chi connectivity index (χ4n) is 2.76. The van der Waals surface area contributed by atoms with Crippen LogP contribution in [0.4, 0.5) is 0 Å². The van der Waals surface area contributed by atoms with Crippen LogP contribution in [-0.4, -0.2) is 36.0 Å². The number of aromatic nitrogens is 1. The molecule has 0 spiro atoms. The minimum atomic E-state index is 0.0634. The van der Waals surface area contributed by atoms with Crippen molar-refractivity contribution in [3.05, 3.63) is 46.4 Å². The SMILES string of the molecule is COc1ccc(CC2CCN(C(=O)c3cscn3)C2)cc1. The van der Waals surface area contributed by atoms with Crippen molar-refractivity contribution >= 4 is 17.2 Å². The summed E-state index contributed by atoms with van der Waals surface area (Å²) < 4.78 is 5.17. The Kier molecular flexibility index (Phi) is 4.20. The molecule has 1 aliphatic rings. The van der Waals surface area contributed by atoms with Gasteiger partial charge in [-0.15, -0.1) is 11.3 Å². The van der Waals surface area contributed by atoms with Gasteiger partial charge in [-0.05, 0) is 36.5 Å². The zero-order valence-electron chi connectivity index (χ0n) is 12.0. The van der Waals surface area contributed by atoms with Crippen molar-refractivity contribution in [2.45, 2.75) is 12.8 Å². The number of amides is 1. The Bertz CT molecular complexity index is 595. The van der Waals surface area contributed by atoms with Crippen LogP contribution in [-0.2, 0) is 6.42 Å². The van der Waals surface area contributed by atoms with Gasteiger partial charge in [-0.3, -0.25) is 4.79 Å². The van der Waals surface area contributed by atoms with Gasteiger partial charge in [-0.2, -0.15) is 0 Å². The lowest BCUT2D eigenvalue weighted by Crippen LogP contribution is -2.29. The van der Waals surface area contributed by atoms with Crippen LogP contribution in [0, 0.1) is 5.92 Å². The summed E-state index contributed by atoms with van der Waals surface area (Å²) in [6.07, 6.45) is 2.06. The van der Waals surface area contributed by atoms with E-state index in [0.717, 1.165) is 31.7 Å². The molecule has 0 aliphatic carbocycles. The van der Waals surface area contributed by atoms with Crippen LogP contribution in [0.15, 0.2) is 35.2 Å². The summed E-state index contributed by atoms with van der Waals surface area (Å²) >= 11 is 1.46. The number of methoxy groups -OCH3 is 1. The maximum atomic E-state index is 12.2. The van der Waals surface area contributed by atoms with E-state index in [-0.39, 0.29) is 5.91 Å². The van der Waals surface area contributed by atoms with E-state index in [0.29, 0.717) is 11.6 Å². The number of benzene rings is 1. The zero-order valence-corrected chi connectivity index (χ0v) is 12.8. The Morgan fingerprint density at radius 2 is 2.24 bits per heavy atom. The first-order valence-electron chi connectivity index (χ1n) is 7.06. The molecule has 3 rings (SSSR count). The zero-order chi connectivity index (χ0) is 14.7. The molecule has 1 amide bonds. The van der Waals surface area contributed by atoms with Gasteiger partial charge in [0.2, 0.25) is 0 Å². The van der Waals surface area contributed by atoms with Gasteiger partial charge in [0.1, 0.15) is 11.4 Å². The Morgan fingerprint density at radius 1 is 1.43 bits per heavy atom. The molecule has 2 aromatic rings. The first kappa shape index (κ1) is 14.1. The van der Waals surface area contributed by atoms with E-state index in [1.807, 2.05) is 22.4 Å². The van der Waals surface area contributed by atoms with Crippen molar-refractivity contribution in [2.75, 3.05) is 20.2 Å². The number of likely N-dealkylation sites (tertiary alicyclic amines) is 1. The van der Waals surface area contributed by atoms with Crippen molar-refractivity contribution in [3.8, 4) is 5.75 Å². The van der Waals surface area contributed by atoms with Crippen LogP contribution in [0.2, 0.25) is 0 Å². The van der Waals surface area contributed by atoms with Crippen LogP contribution in [0.5, 0.6) is 5.75 Å². The van der Waals surface area contributed by atoms with E-state index < -0.39 is 0 Å². The third-order valence-corrected chi connectivity index (χ3v) is 4.49. The summed E-state index contributed by atoms with van der Waals surface area (Å²) in [7, 11) is 1.67. The summed E-state index contributed by atoms with van der Waals surface area (Å²) in [5.41, 5.74) is 3.58. The predicted octanol–water partition coefficient (Wildman–Crippen LogP) is 2.86. The van der Waals surface area contributed by atoms with Crippen LogP contribution in [0.1, 0.15) is 22.5 Å². The molecule has 1 aromatic heterocycles. The smallest absolute Gasteiger partial charge is 0.273 e. The average molecular weight is 302 g/mol. The fraction of sp³-hybridized carbons (Fsp3) is 0.375. The first-order valence-corrected chi connectivity index (χ1v) is 8.01. The highest BCUT2D eigenvalue weighted by molar-refractivity contribution is 7.07. The predicted molar refractivity (Wildman–Crippen MR) is 82.8 cm³/mol. The molecule has 4 nitrogen and oxygen atoms in total. The third kappa shape index (κ3) is 3.24. The quantitative estimate of drug-likeness (QED) is 0.872. The number of thiazole rings is 1. The minimum absolute atomic E-state index is 0.0634. The molecule has 1 aliphatic heterocycles. The van der Waals surface area contributed by atoms with E-state index in [1.165, 1.54) is 16.9 Å². The Labute approximate surface area is 128 Å². The lowest BCUT2D eigenvalue weighted by Gasteiger charge is -2.15. The van der Waals surface area contributed by atoms with E-state index in [1.54, 1.807) is 12.6 Å². The number of hydrogen-bond donors (Lipinski definition) is 0. The van der Waals surface area contributed by atoms with Crippen molar-refractivity contribution in [1.29, 1.82) is 0 Å². The summed E-state index contributed by atoms with van der Waals surface area (Å²) in [5, 5.41) is 1.82. The van der Waals surface area contributed by atoms with Crippen molar-refractivity contribution in [3.63, 3.8) is 0 Å². The molecule has 110 valence electrons. The normalized spacial score (nSPS) is 18.0. The molecule has 0 bridgehead atoms. The molecule has 2 heterocycles. The van der Waals surface area contributed by atoms with Gasteiger partial charge in [0, 0.05) is 18.5 Å². The highest BCUT2D eigenvalue weighted by Gasteiger charge is 2.27. The molecule has 5 heteroatoms. The molecule has 1 aromatic carbocycles. The molecule has 1 saturated heterocycles. The van der Waals surface area contributed by atoms with E-state index in [2.05, 4.69) is 17.1 Å². The molecule has 21 heavy (non-hydrogen) atoms. The number of ether oxygens (including phenoxy) is 1. The number of hydrogen-bond acceptors (Lipinski definition) is 4. The van der Waals surface area contributed by atoms with Crippen LogP contribution >= 0.6 is 11.3 Å². The van der Waals surface area contributed by atoms with E-state index in [9.17, 15) is 4.79 Å². The monoisotopic (exact) mass is 302 g/mol. The third-order valence-electron chi connectivity index (χ3n) is 3.91. The highest BCUT2D eigenvalue weighted by atomic mass is 32.1. The molecular formula is C16H18N2O2S.